The van der Waals surface area contributed by atoms with Gasteiger partial charge in [-0.2, -0.15) is 4.98 Å². The van der Waals surface area contributed by atoms with Gasteiger partial charge in [-0.25, -0.2) is 9.88 Å². The number of benzene rings is 5. The lowest BCUT2D eigenvalue weighted by Gasteiger charge is -2.39. The third-order valence-corrected chi connectivity index (χ3v) is 11.2. The molecule has 0 amide bonds. The highest BCUT2D eigenvalue weighted by Crippen LogP contribution is 2.52. The summed E-state index contributed by atoms with van der Waals surface area (Å²) >= 11 is 0. The van der Waals surface area contributed by atoms with Gasteiger partial charge in [0.05, 0.1) is 39.8 Å². The molecule has 2 aliphatic rings. The van der Waals surface area contributed by atoms with Crippen molar-refractivity contribution in [2.75, 3.05) is 26.7 Å². The van der Waals surface area contributed by atoms with Gasteiger partial charge in [0.15, 0.2) is 11.4 Å². The van der Waals surface area contributed by atoms with Gasteiger partial charge in [0.1, 0.15) is 5.52 Å². The number of nitrogens with one attached hydrogen (secondary N) is 1. The van der Waals surface area contributed by atoms with E-state index < -0.39 is 8.96 Å². The molecule has 0 fully saturated rings. The number of rotatable bonds is 4. The molecule has 2 aliphatic heterocycles. The van der Waals surface area contributed by atoms with E-state index in [1.807, 2.05) is 29.3 Å². The number of anilines is 9. The molecule has 0 spiro atoms. The largest absolute Gasteiger partial charge is 0.423 e. The summed E-state index contributed by atoms with van der Waals surface area (Å²) in [5, 5.41) is 6.27. The summed E-state index contributed by atoms with van der Waals surface area (Å²) in [6.07, 6.45) is 1.81. The molecule has 215 valence electrons. The van der Waals surface area contributed by atoms with E-state index in [0.717, 1.165) is 51.1 Å². The fraction of sp³-hybridized carbons (Fsp3) is 0.0270. The number of aromatic nitrogens is 2. The maximum absolute atomic E-state index is 6.66. The van der Waals surface area contributed by atoms with E-state index in [1.54, 1.807) is 0 Å². The molecular formula is C37H27N6OSi. The van der Waals surface area contributed by atoms with Crippen molar-refractivity contribution in [2.45, 2.75) is 0 Å². The SMILES string of the molecule is CN1c2ccccc2N(c2nc3c4c(ccc3o2)Nc2ccccc2N4[Si](c2ccccc2)c2ccccc2)c2ncccc21. The second-order valence-corrected chi connectivity index (χ2v) is 13.4. The van der Waals surface area contributed by atoms with Crippen LogP contribution < -0.4 is 30.1 Å². The van der Waals surface area contributed by atoms with E-state index in [2.05, 4.69) is 137 Å². The Kier molecular flexibility index (Phi) is 5.75. The fourth-order valence-electron chi connectivity index (χ4n) is 6.48. The third kappa shape index (κ3) is 3.96. The van der Waals surface area contributed by atoms with Crippen molar-refractivity contribution in [3.63, 3.8) is 0 Å². The summed E-state index contributed by atoms with van der Waals surface area (Å²) in [4.78, 5) is 14.3. The first-order valence-corrected chi connectivity index (χ1v) is 16.4. The normalized spacial score (nSPS) is 13.2. The molecule has 4 heterocycles. The van der Waals surface area contributed by atoms with Crippen molar-refractivity contribution in [2.24, 2.45) is 0 Å². The average Bonchev–Trinajstić information content (AvgIpc) is 3.53. The van der Waals surface area contributed by atoms with Crippen LogP contribution in [-0.2, 0) is 0 Å². The summed E-state index contributed by atoms with van der Waals surface area (Å²) in [6, 6.07) is 47.1. The lowest BCUT2D eigenvalue weighted by atomic mass is 10.1. The van der Waals surface area contributed by atoms with E-state index in [4.69, 9.17) is 14.4 Å². The van der Waals surface area contributed by atoms with E-state index in [-0.39, 0.29) is 0 Å². The molecule has 0 aliphatic carbocycles. The number of hydrogen-bond acceptors (Lipinski definition) is 7. The quantitative estimate of drug-likeness (QED) is 0.207. The number of oxazole rings is 1. The molecular weight excluding hydrogens is 573 g/mol. The predicted molar refractivity (Wildman–Crippen MR) is 184 cm³/mol. The molecule has 0 saturated heterocycles. The van der Waals surface area contributed by atoms with Crippen molar-refractivity contribution >= 4 is 82.1 Å². The number of nitrogens with zero attached hydrogens (tertiary/aromatic N) is 5. The molecule has 8 heteroatoms. The Labute approximate surface area is 262 Å². The zero-order valence-electron chi connectivity index (χ0n) is 24.4. The molecule has 7 aromatic rings. The number of fused-ring (bicyclic) bond motifs is 6. The van der Waals surface area contributed by atoms with Gasteiger partial charge in [-0.3, -0.25) is 0 Å². The predicted octanol–water partition coefficient (Wildman–Crippen LogP) is 7.77. The molecule has 1 N–H and O–H groups in total. The number of para-hydroxylation sites is 4. The van der Waals surface area contributed by atoms with Crippen molar-refractivity contribution < 1.29 is 4.42 Å². The first-order valence-electron chi connectivity index (χ1n) is 14.9. The standard InChI is InChI=1S/C37H27N6OSi/c1-41-30-19-10-11-20-31(30)42(36-32(41)21-12-24-38-36)37-40-34-33(44-37)23-22-28-35(34)43(29-18-9-8-17-27(29)39-28)45(25-13-4-2-5-14-25)26-15-6-3-7-16-26/h2-24,39H,1H3. The Bertz CT molecular complexity index is 2120. The van der Waals surface area contributed by atoms with Crippen LogP contribution in [0.2, 0.25) is 0 Å². The van der Waals surface area contributed by atoms with Gasteiger partial charge < -0.3 is 19.2 Å². The third-order valence-electron chi connectivity index (χ3n) is 8.49. The summed E-state index contributed by atoms with van der Waals surface area (Å²) in [5.41, 5.74) is 8.69. The fourth-order valence-corrected chi connectivity index (χ4v) is 9.23. The Hall–Kier alpha value is -5.86. The minimum Gasteiger partial charge on any atom is -0.423 e. The molecule has 45 heavy (non-hydrogen) atoms. The Morgan fingerprint density at radius 2 is 1.27 bits per heavy atom. The van der Waals surface area contributed by atoms with Gasteiger partial charge in [0.2, 0.25) is 8.96 Å². The molecule has 5 aromatic carbocycles. The van der Waals surface area contributed by atoms with Gasteiger partial charge >= 0.3 is 6.01 Å². The monoisotopic (exact) mass is 599 g/mol. The van der Waals surface area contributed by atoms with Crippen LogP contribution in [-0.4, -0.2) is 26.0 Å². The second kappa shape index (κ2) is 10.1. The zero-order valence-corrected chi connectivity index (χ0v) is 25.4. The van der Waals surface area contributed by atoms with Crippen LogP contribution >= 0.6 is 0 Å². The van der Waals surface area contributed by atoms with Crippen LogP contribution in [0.5, 0.6) is 0 Å². The highest BCUT2D eigenvalue weighted by Gasteiger charge is 2.37. The molecule has 0 saturated carbocycles. The summed E-state index contributed by atoms with van der Waals surface area (Å²) < 4.78 is 9.17. The van der Waals surface area contributed by atoms with Gasteiger partial charge in [-0.05, 0) is 58.9 Å². The maximum atomic E-state index is 6.66. The van der Waals surface area contributed by atoms with Crippen LogP contribution in [0.4, 0.5) is 51.6 Å². The number of pyridine rings is 1. The first-order chi connectivity index (χ1) is 22.3. The molecule has 0 unspecified atom stereocenters. The zero-order chi connectivity index (χ0) is 29.9. The van der Waals surface area contributed by atoms with E-state index in [1.165, 1.54) is 10.4 Å². The Morgan fingerprint density at radius 3 is 2.02 bits per heavy atom. The molecule has 1 radical (unpaired) electrons. The summed E-state index contributed by atoms with van der Waals surface area (Å²) in [7, 11) is 0.512. The van der Waals surface area contributed by atoms with Gasteiger partial charge in [-0.15, -0.1) is 0 Å². The van der Waals surface area contributed by atoms with E-state index in [9.17, 15) is 0 Å². The van der Waals surface area contributed by atoms with Crippen LogP contribution in [0.1, 0.15) is 0 Å². The smallest absolute Gasteiger partial charge is 0.309 e. The van der Waals surface area contributed by atoms with Crippen LogP contribution in [0.3, 0.4) is 0 Å². The van der Waals surface area contributed by atoms with E-state index in [0.29, 0.717) is 11.6 Å². The highest BCUT2D eigenvalue weighted by atomic mass is 28.3. The Balaban J connectivity index is 1.30. The second-order valence-electron chi connectivity index (χ2n) is 11.1. The molecule has 0 atom stereocenters. The first kappa shape index (κ1) is 25.6. The van der Waals surface area contributed by atoms with Gasteiger partial charge in [-0.1, -0.05) is 84.9 Å². The lowest BCUT2D eigenvalue weighted by molar-refractivity contribution is 0.606. The van der Waals surface area contributed by atoms with Crippen LogP contribution in [0.15, 0.2) is 144 Å². The topological polar surface area (TPSA) is 60.7 Å². The summed E-state index contributed by atoms with van der Waals surface area (Å²) in [5.74, 6) is 0.776. The average molecular weight is 600 g/mol. The van der Waals surface area contributed by atoms with Crippen LogP contribution in [0.25, 0.3) is 11.1 Å². The maximum Gasteiger partial charge on any atom is 0.309 e. The molecule has 2 aromatic heterocycles. The molecule has 7 nitrogen and oxygen atoms in total. The Morgan fingerprint density at radius 1 is 0.622 bits per heavy atom. The van der Waals surface area contributed by atoms with Crippen molar-refractivity contribution in [3.8, 4) is 0 Å². The highest BCUT2D eigenvalue weighted by molar-refractivity contribution is 6.89. The number of hydrogen-bond donors (Lipinski definition) is 1. The molecule has 9 rings (SSSR count). The minimum absolute atomic E-state index is 0.478. The van der Waals surface area contributed by atoms with Gasteiger partial charge in [0.25, 0.3) is 0 Å². The van der Waals surface area contributed by atoms with Crippen LogP contribution in [0, 0.1) is 0 Å². The van der Waals surface area contributed by atoms with Crippen molar-refractivity contribution in [3.05, 3.63) is 140 Å². The summed E-state index contributed by atoms with van der Waals surface area (Å²) in [6.45, 7) is 0. The van der Waals surface area contributed by atoms with Gasteiger partial charge in [0, 0.05) is 13.2 Å². The minimum atomic E-state index is -1.55. The molecule has 0 bridgehead atoms. The van der Waals surface area contributed by atoms with E-state index >= 15 is 0 Å². The van der Waals surface area contributed by atoms with Crippen molar-refractivity contribution in [1.82, 2.24) is 9.97 Å². The van der Waals surface area contributed by atoms with Crippen molar-refractivity contribution in [1.29, 1.82) is 0 Å². The lowest BCUT2D eigenvalue weighted by Crippen LogP contribution is -2.55.